The van der Waals surface area contributed by atoms with Gasteiger partial charge in [-0.25, -0.2) is 4.79 Å². The molecule has 1 saturated heterocycles. The van der Waals surface area contributed by atoms with Crippen molar-refractivity contribution in [3.8, 4) is 0 Å². The van der Waals surface area contributed by atoms with E-state index in [4.69, 9.17) is 9.47 Å². The van der Waals surface area contributed by atoms with Gasteiger partial charge in [0.05, 0.1) is 25.9 Å². The van der Waals surface area contributed by atoms with Crippen LogP contribution in [0.4, 0.5) is 5.69 Å². The van der Waals surface area contributed by atoms with Crippen LogP contribution < -0.4 is 4.90 Å². The molecule has 0 aliphatic carbocycles. The maximum atomic E-state index is 11.9. The maximum absolute atomic E-state index is 11.9. The first-order valence-corrected chi connectivity index (χ1v) is 6.74. The van der Waals surface area contributed by atoms with Gasteiger partial charge in [-0.3, -0.25) is 0 Å². The van der Waals surface area contributed by atoms with Gasteiger partial charge < -0.3 is 14.4 Å². The van der Waals surface area contributed by atoms with Gasteiger partial charge in [-0.05, 0) is 17.5 Å². The van der Waals surface area contributed by atoms with Gasteiger partial charge in [0.15, 0.2) is 0 Å². The number of fused-ring (bicyclic) bond motifs is 1. The van der Waals surface area contributed by atoms with Gasteiger partial charge in [-0.1, -0.05) is 24.3 Å². The van der Waals surface area contributed by atoms with Gasteiger partial charge in [0.1, 0.15) is 0 Å². The molecule has 2 aromatic carbocycles. The lowest BCUT2D eigenvalue weighted by molar-refractivity contribution is 0.0603. The summed E-state index contributed by atoms with van der Waals surface area (Å²) >= 11 is 0. The Labute approximate surface area is 117 Å². The van der Waals surface area contributed by atoms with Gasteiger partial charge >= 0.3 is 5.97 Å². The van der Waals surface area contributed by atoms with Crippen molar-refractivity contribution in [3.63, 3.8) is 0 Å². The second-order valence-corrected chi connectivity index (χ2v) is 4.77. The van der Waals surface area contributed by atoms with Crippen LogP contribution in [0.15, 0.2) is 36.4 Å². The molecule has 0 amide bonds. The molecule has 0 N–H and O–H groups in total. The van der Waals surface area contributed by atoms with E-state index in [0.717, 1.165) is 42.8 Å². The molecule has 1 aliphatic rings. The van der Waals surface area contributed by atoms with Crippen molar-refractivity contribution < 1.29 is 14.3 Å². The predicted octanol–water partition coefficient (Wildman–Crippen LogP) is 2.46. The molecule has 104 valence electrons. The molecule has 0 radical (unpaired) electrons. The number of nitrogens with zero attached hydrogens (tertiary/aromatic N) is 1. The van der Waals surface area contributed by atoms with Crippen molar-refractivity contribution in [2.45, 2.75) is 0 Å². The van der Waals surface area contributed by atoms with Crippen LogP contribution in [0.2, 0.25) is 0 Å². The standard InChI is InChI=1S/C16H17NO3/c1-19-16(18)14-6-7-15(17-8-10-20-11-9-17)13-5-3-2-4-12(13)14/h2-7H,8-11H2,1H3. The minimum absolute atomic E-state index is 0.297. The molecular formula is C16H17NO3. The third-order valence-electron chi connectivity index (χ3n) is 3.66. The molecule has 2 aromatic rings. The molecule has 1 heterocycles. The number of carbonyl (C=O) groups is 1. The van der Waals surface area contributed by atoms with E-state index in [2.05, 4.69) is 4.90 Å². The summed E-state index contributed by atoms with van der Waals surface area (Å²) in [7, 11) is 1.41. The number of esters is 1. The highest BCUT2D eigenvalue weighted by Crippen LogP contribution is 2.30. The second kappa shape index (κ2) is 5.51. The van der Waals surface area contributed by atoms with Crippen LogP contribution in [-0.2, 0) is 9.47 Å². The quantitative estimate of drug-likeness (QED) is 0.787. The van der Waals surface area contributed by atoms with E-state index >= 15 is 0 Å². The first-order chi connectivity index (χ1) is 9.81. The molecule has 3 rings (SSSR count). The Bertz CT molecular complexity index is 633. The number of hydrogen-bond donors (Lipinski definition) is 0. The Hall–Kier alpha value is -2.07. The molecule has 1 aliphatic heterocycles. The van der Waals surface area contributed by atoms with Crippen molar-refractivity contribution in [1.82, 2.24) is 0 Å². The fourth-order valence-electron chi connectivity index (χ4n) is 2.65. The van der Waals surface area contributed by atoms with Gasteiger partial charge in [0, 0.05) is 24.2 Å². The normalized spacial score (nSPS) is 15.3. The smallest absolute Gasteiger partial charge is 0.338 e. The lowest BCUT2D eigenvalue weighted by Gasteiger charge is -2.30. The highest BCUT2D eigenvalue weighted by Gasteiger charge is 2.17. The Morgan fingerprint density at radius 1 is 1.10 bits per heavy atom. The van der Waals surface area contributed by atoms with E-state index in [1.54, 1.807) is 0 Å². The van der Waals surface area contributed by atoms with Crippen LogP contribution >= 0.6 is 0 Å². The number of rotatable bonds is 2. The minimum atomic E-state index is -0.297. The van der Waals surface area contributed by atoms with Crippen LogP contribution in [0.3, 0.4) is 0 Å². The summed E-state index contributed by atoms with van der Waals surface area (Å²) in [5.41, 5.74) is 1.76. The van der Waals surface area contributed by atoms with Crippen molar-refractivity contribution in [2.75, 3.05) is 38.3 Å². The fraction of sp³-hybridized carbons (Fsp3) is 0.312. The molecule has 1 fully saturated rings. The molecule has 0 unspecified atom stereocenters. The average molecular weight is 271 g/mol. The highest BCUT2D eigenvalue weighted by molar-refractivity contribution is 6.08. The Morgan fingerprint density at radius 3 is 2.50 bits per heavy atom. The topological polar surface area (TPSA) is 38.8 Å². The summed E-state index contributed by atoms with van der Waals surface area (Å²) < 4.78 is 10.3. The lowest BCUT2D eigenvalue weighted by atomic mass is 10.0. The lowest BCUT2D eigenvalue weighted by Crippen LogP contribution is -2.36. The van der Waals surface area contributed by atoms with Gasteiger partial charge in [-0.15, -0.1) is 0 Å². The van der Waals surface area contributed by atoms with Crippen molar-refractivity contribution in [1.29, 1.82) is 0 Å². The third kappa shape index (κ3) is 2.23. The number of ether oxygens (including phenoxy) is 2. The Balaban J connectivity index is 2.13. The molecule has 4 nitrogen and oxygen atoms in total. The molecule has 0 atom stereocenters. The van der Waals surface area contributed by atoms with Crippen molar-refractivity contribution >= 4 is 22.4 Å². The summed E-state index contributed by atoms with van der Waals surface area (Å²) in [6.07, 6.45) is 0. The zero-order chi connectivity index (χ0) is 13.9. The van der Waals surface area contributed by atoms with Crippen LogP contribution in [0, 0.1) is 0 Å². The summed E-state index contributed by atoms with van der Waals surface area (Å²) in [5, 5.41) is 2.01. The summed E-state index contributed by atoms with van der Waals surface area (Å²) in [6.45, 7) is 3.24. The second-order valence-electron chi connectivity index (χ2n) is 4.77. The van der Waals surface area contributed by atoms with Crippen LogP contribution in [-0.4, -0.2) is 39.4 Å². The Kier molecular flexibility index (Phi) is 3.56. The fourth-order valence-corrected chi connectivity index (χ4v) is 2.65. The number of morpholine rings is 1. The summed E-state index contributed by atoms with van der Waals surface area (Å²) in [4.78, 5) is 14.2. The third-order valence-corrected chi connectivity index (χ3v) is 3.66. The first-order valence-electron chi connectivity index (χ1n) is 6.74. The molecule has 20 heavy (non-hydrogen) atoms. The van der Waals surface area contributed by atoms with Crippen LogP contribution in [0.5, 0.6) is 0 Å². The predicted molar refractivity (Wildman–Crippen MR) is 78.3 cm³/mol. The monoisotopic (exact) mass is 271 g/mol. The molecule has 4 heteroatoms. The van der Waals surface area contributed by atoms with E-state index in [-0.39, 0.29) is 5.97 Å². The van der Waals surface area contributed by atoms with E-state index in [9.17, 15) is 4.79 Å². The van der Waals surface area contributed by atoms with Crippen LogP contribution in [0.1, 0.15) is 10.4 Å². The summed E-state index contributed by atoms with van der Waals surface area (Å²) in [5.74, 6) is -0.297. The molecule has 0 saturated carbocycles. The van der Waals surface area contributed by atoms with E-state index < -0.39 is 0 Å². The van der Waals surface area contributed by atoms with Gasteiger partial charge in [0.2, 0.25) is 0 Å². The van der Waals surface area contributed by atoms with Gasteiger partial charge in [-0.2, -0.15) is 0 Å². The van der Waals surface area contributed by atoms with Gasteiger partial charge in [0.25, 0.3) is 0 Å². The zero-order valence-electron chi connectivity index (χ0n) is 11.5. The van der Waals surface area contributed by atoms with Crippen molar-refractivity contribution in [3.05, 3.63) is 42.0 Å². The molecule has 0 spiro atoms. The van der Waals surface area contributed by atoms with Crippen molar-refractivity contribution in [2.24, 2.45) is 0 Å². The zero-order valence-corrected chi connectivity index (χ0v) is 11.5. The van der Waals surface area contributed by atoms with Crippen LogP contribution in [0.25, 0.3) is 10.8 Å². The molecule has 0 bridgehead atoms. The number of carbonyl (C=O) groups excluding carboxylic acids is 1. The van der Waals surface area contributed by atoms with E-state index in [1.807, 2.05) is 36.4 Å². The minimum Gasteiger partial charge on any atom is -0.465 e. The highest BCUT2D eigenvalue weighted by atomic mass is 16.5. The number of hydrogen-bond acceptors (Lipinski definition) is 4. The number of methoxy groups -OCH3 is 1. The van der Waals surface area contributed by atoms with E-state index in [0.29, 0.717) is 5.56 Å². The molecule has 0 aromatic heterocycles. The molecular weight excluding hydrogens is 254 g/mol. The summed E-state index contributed by atoms with van der Waals surface area (Å²) in [6, 6.07) is 11.8. The largest absolute Gasteiger partial charge is 0.465 e. The van der Waals surface area contributed by atoms with E-state index in [1.165, 1.54) is 7.11 Å². The Morgan fingerprint density at radius 2 is 1.80 bits per heavy atom. The SMILES string of the molecule is COC(=O)c1ccc(N2CCOCC2)c2ccccc12. The number of anilines is 1. The number of benzene rings is 2. The first kappa shape index (κ1) is 12.9. The average Bonchev–Trinajstić information content (AvgIpc) is 2.54. The maximum Gasteiger partial charge on any atom is 0.338 e.